The smallest absolute Gasteiger partial charge is 0.340 e. The van der Waals surface area contributed by atoms with E-state index in [1.807, 2.05) is 0 Å². The summed E-state index contributed by atoms with van der Waals surface area (Å²) in [6, 6.07) is 3.50. The third-order valence-electron chi connectivity index (χ3n) is 4.80. The second-order valence-electron chi connectivity index (χ2n) is 7.41. The summed E-state index contributed by atoms with van der Waals surface area (Å²) in [6.07, 6.45) is 0.888. The largest absolute Gasteiger partial charge is 0.493 e. The van der Waals surface area contributed by atoms with Crippen molar-refractivity contribution in [2.45, 2.75) is 34.1 Å². The van der Waals surface area contributed by atoms with Gasteiger partial charge in [-0.1, -0.05) is 13.8 Å². The number of aryl methyl sites for hydroxylation is 2. The molecule has 1 heterocycles. The van der Waals surface area contributed by atoms with Crippen LogP contribution in [0.1, 0.15) is 52.4 Å². The van der Waals surface area contributed by atoms with E-state index in [0.717, 1.165) is 6.42 Å². The molecule has 0 bridgehead atoms. The van der Waals surface area contributed by atoms with Crippen molar-refractivity contribution in [2.24, 2.45) is 5.92 Å². The Hall–Kier alpha value is -2.61. The van der Waals surface area contributed by atoms with Crippen LogP contribution in [0.4, 0.5) is 0 Å². The third-order valence-corrected chi connectivity index (χ3v) is 5.39. The van der Waals surface area contributed by atoms with Gasteiger partial charge in [-0.2, -0.15) is 0 Å². The zero-order valence-electron chi connectivity index (χ0n) is 18.9. The average molecular weight is 494 g/mol. The van der Waals surface area contributed by atoms with Crippen LogP contribution < -0.4 is 9.47 Å². The van der Waals surface area contributed by atoms with Crippen molar-refractivity contribution in [3.63, 3.8) is 0 Å². The Labute approximate surface area is 191 Å². The standard InChI is InChI=1S/C23H28BrNO6/c1-12(2)8-9-31-21-16(24)10-15(11-17(21)28-5)20-18(22(26)29-6)13(3)25-14(4)19(20)23(27)30-7/h10-12H,8-9H2,1-7H3. The first-order valence-electron chi connectivity index (χ1n) is 9.84. The molecule has 0 aliphatic rings. The molecule has 168 valence electrons. The first-order valence-corrected chi connectivity index (χ1v) is 10.6. The van der Waals surface area contributed by atoms with Gasteiger partial charge >= 0.3 is 11.9 Å². The number of halogens is 1. The van der Waals surface area contributed by atoms with Crippen LogP contribution in [-0.4, -0.2) is 44.9 Å². The van der Waals surface area contributed by atoms with Gasteiger partial charge in [0, 0.05) is 5.56 Å². The van der Waals surface area contributed by atoms with Crippen LogP contribution in [0.25, 0.3) is 11.1 Å². The van der Waals surface area contributed by atoms with Gasteiger partial charge in [-0.05, 0) is 59.8 Å². The van der Waals surface area contributed by atoms with Crippen molar-refractivity contribution < 1.29 is 28.5 Å². The highest BCUT2D eigenvalue weighted by molar-refractivity contribution is 9.10. The number of methoxy groups -OCH3 is 3. The van der Waals surface area contributed by atoms with Gasteiger partial charge in [0.05, 0.1) is 54.9 Å². The Kier molecular flexibility index (Phi) is 8.44. The minimum Gasteiger partial charge on any atom is -0.493 e. The van der Waals surface area contributed by atoms with Gasteiger partial charge in [0.2, 0.25) is 0 Å². The SMILES string of the molecule is COC(=O)c1c(C)nc(C)c(C(=O)OC)c1-c1cc(Br)c(OCCC(C)C)c(OC)c1. The summed E-state index contributed by atoms with van der Waals surface area (Å²) in [6.45, 7) is 8.16. The van der Waals surface area contributed by atoms with Crippen LogP contribution in [0.5, 0.6) is 11.5 Å². The Morgan fingerprint density at radius 3 is 2.00 bits per heavy atom. The Morgan fingerprint density at radius 2 is 1.55 bits per heavy atom. The van der Waals surface area contributed by atoms with E-state index in [9.17, 15) is 9.59 Å². The molecule has 0 atom stereocenters. The molecule has 1 aromatic heterocycles. The maximum atomic E-state index is 12.6. The molecule has 0 aliphatic heterocycles. The molecule has 0 saturated heterocycles. The van der Waals surface area contributed by atoms with E-state index in [0.29, 0.717) is 51.0 Å². The molecule has 2 aromatic rings. The summed E-state index contributed by atoms with van der Waals surface area (Å²) in [7, 11) is 4.10. The highest BCUT2D eigenvalue weighted by Crippen LogP contribution is 2.42. The van der Waals surface area contributed by atoms with Crippen molar-refractivity contribution in [3.8, 4) is 22.6 Å². The summed E-state index contributed by atoms with van der Waals surface area (Å²) in [5.41, 5.74) is 2.20. The maximum absolute atomic E-state index is 12.6. The Morgan fingerprint density at radius 1 is 1.00 bits per heavy atom. The number of hydrogen-bond acceptors (Lipinski definition) is 7. The van der Waals surface area contributed by atoms with Crippen LogP contribution in [0.15, 0.2) is 16.6 Å². The third kappa shape index (κ3) is 5.36. The van der Waals surface area contributed by atoms with Crippen LogP contribution in [0.3, 0.4) is 0 Å². The maximum Gasteiger partial charge on any atom is 0.340 e. The van der Waals surface area contributed by atoms with Crippen LogP contribution in [0.2, 0.25) is 0 Å². The topological polar surface area (TPSA) is 84.0 Å². The van der Waals surface area contributed by atoms with Gasteiger partial charge < -0.3 is 18.9 Å². The van der Waals surface area contributed by atoms with Crippen molar-refractivity contribution >= 4 is 27.9 Å². The van der Waals surface area contributed by atoms with Gasteiger partial charge in [-0.25, -0.2) is 9.59 Å². The summed E-state index contributed by atoms with van der Waals surface area (Å²) in [4.78, 5) is 29.6. The molecule has 0 unspecified atom stereocenters. The minimum atomic E-state index is -0.600. The molecular weight excluding hydrogens is 466 g/mol. The van der Waals surface area contributed by atoms with Gasteiger partial charge in [-0.3, -0.25) is 4.98 Å². The molecule has 8 heteroatoms. The number of benzene rings is 1. The lowest BCUT2D eigenvalue weighted by Gasteiger charge is -2.19. The molecule has 0 saturated carbocycles. The van der Waals surface area contributed by atoms with Gasteiger partial charge in [-0.15, -0.1) is 0 Å². The van der Waals surface area contributed by atoms with E-state index in [1.165, 1.54) is 21.3 Å². The van der Waals surface area contributed by atoms with Gasteiger partial charge in [0.15, 0.2) is 11.5 Å². The molecule has 0 amide bonds. The van der Waals surface area contributed by atoms with E-state index < -0.39 is 11.9 Å². The number of ether oxygens (including phenoxy) is 4. The van der Waals surface area contributed by atoms with Crippen molar-refractivity contribution in [2.75, 3.05) is 27.9 Å². The van der Waals surface area contributed by atoms with E-state index in [2.05, 4.69) is 34.8 Å². The number of nitrogens with zero attached hydrogens (tertiary/aromatic N) is 1. The quantitative estimate of drug-likeness (QED) is 0.470. The molecule has 31 heavy (non-hydrogen) atoms. The minimum absolute atomic E-state index is 0.191. The molecule has 0 spiro atoms. The highest BCUT2D eigenvalue weighted by Gasteiger charge is 2.28. The number of aromatic nitrogens is 1. The first-order chi connectivity index (χ1) is 14.7. The Bertz CT molecular complexity index is 947. The normalized spacial score (nSPS) is 10.7. The van der Waals surface area contributed by atoms with Crippen LogP contribution in [0, 0.1) is 19.8 Å². The predicted molar refractivity (Wildman–Crippen MR) is 121 cm³/mol. The number of rotatable bonds is 8. The monoisotopic (exact) mass is 493 g/mol. The zero-order valence-corrected chi connectivity index (χ0v) is 20.5. The highest BCUT2D eigenvalue weighted by atomic mass is 79.9. The predicted octanol–water partition coefficient (Wildman–Crippen LogP) is 5.13. The molecule has 0 radical (unpaired) electrons. The van der Waals surface area contributed by atoms with E-state index in [-0.39, 0.29) is 11.1 Å². The molecule has 7 nitrogen and oxygen atoms in total. The lowest BCUT2D eigenvalue weighted by molar-refractivity contribution is 0.0599. The van der Waals surface area contributed by atoms with Crippen molar-refractivity contribution in [3.05, 3.63) is 39.1 Å². The molecule has 2 rings (SSSR count). The van der Waals surface area contributed by atoms with Gasteiger partial charge in [0.1, 0.15) is 0 Å². The summed E-state index contributed by atoms with van der Waals surface area (Å²) in [5, 5.41) is 0. The van der Waals surface area contributed by atoms with E-state index >= 15 is 0 Å². The summed E-state index contributed by atoms with van der Waals surface area (Å²) >= 11 is 3.54. The lowest BCUT2D eigenvalue weighted by Crippen LogP contribution is -2.16. The second kappa shape index (κ2) is 10.6. The molecule has 1 aromatic carbocycles. The molecule has 0 N–H and O–H groups in total. The second-order valence-corrected chi connectivity index (χ2v) is 8.27. The van der Waals surface area contributed by atoms with Gasteiger partial charge in [0.25, 0.3) is 0 Å². The van der Waals surface area contributed by atoms with E-state index in [1.54, 1.807) is 26.0 Å². The fourth-order valence-electron chi connectivity index (χ4n) is 3.24. The lowest BCUT2D eigenvalue weighted by atomic mass is 9.92. The molecular formula is C23H28BrNO6. The summed E-state index contributed by atoms with van der Waals surface area (Å²) in [5.74, 6) is 0.313. The fourth-order valence-corrected chi connectivity index (χ4v) is 3.80. The number of esters is 2. The van der Waals surface area contributed by atoms with E-state index in [4.69, 9.17) is 18.9 Å². The Balaban J connectivity index is 2.78. The molecule has 0 aliphatic carbocycles. The number of pyridine rings is 1. The summed E-state index contributed by atoms with van der Waals surface area (Å²) < 4.78 is 22.1. The molecule has 0 fully saturated rings. The van der Waals surface area contributed by atoms with Crippen molar-refractivity contribution in [1.82, 2.24) is 4.98 Å². The zero-order chi connectivity index (χ0) is 23.3. The van der Waals surface area contributed by atoms with Crippen LogP contribution >= 0.6 is 15.9 Å². The fraction of sp³-hybridized carbons (Fsp3) is 0.435. The first kappa shape index (κ1) is 24.7. The number of carbonyl (C=O) groups excluding carboxylic acids is 2. The van der Waals surface area contributed by atoms with Crippen LogP contribution in [-0.2, 0) is 9.47 Å². The van der Waals surface area contributed by atoms with Crippen molar-refractivity contribution in [1.29, 1.82) is 0 Å². The average Bonchev–Trinajstić information content (AvgIpc) is 2.72. The number of hydrogen-bond donors (Lipinski definition) is 0. The number of carbonyl (C=O) groups is 2.